The van der Waals surface area contributed by atoms with E-state index < -0.39 is 42.2 Å². The number of carbonyl (C=O) groups is 3. The van der Waals surface area contributed by atoms with E-state index in [0.717, 1.165) is 15.9 Å². The lowest BCUT2D eigenvalue weighted by Gasteiger charge is -2.39. The summed E-state index contributed by atoms with van der Waals surface area (Å²) in [5.41, 5.74) is -2.28. The standard InChI is InChI=1S/C26H18F4N4O5/c1-33(24(37)38)23-31-19-11-10-15(12-20(19)32-23)25(39-22(36)26(28,29)30)17-8-4-3-7-16(17)21(35)34(25)13-14-6-2-5-9-18(14)27/h2-12H,13H2,1H3,(H,31,32)(H,37,38). The Morgan fingerprint density at radius 1 is 1.10 bits per heavy atom. The Morgan fingerprint density at radius 2 is 1.79 bits per heavy atom. The highest BCUT2D eigenvalue weighted by molar-refractivity contribution is 6.01. The van der Waals surface area contributed by atoms with Gasteiger partial charge in [-0.05, 0) is 24.3 Å². The lowest BCUT2D eigenvalue weighted by atomic mass is 9.92. The van der Waals surface area contributed by atoms with E-state index in [4.69, 9.17) is 4.74 Å². The van der Waals surface area contributed by atoms with Crippen molar-refractivity contribution >= 4 is 35.0 Å². The van der Waals surface area contributed by atoms with Gasteiger partial charge in [0.25, 0.3) is 5.91 Å². The molecule has 1 atom stereocenters. The molecule has 1 unspecified atom stereocenters. The number of nitrogens with one attached hydrogen (secondary N) is 1. The first kappa shape index (κ1) is 25.7. The van der Waals surface area contributed by atoms with E-state index in [1.165, 1.54) is 67.7 Å². The zero-order chi connectivity index (χ0) is 28.1. The van der Waals surface area contributed by atoms with Crippen molar-refractivity contribution in [2.75, 3.05) is 11.9 Å². The molecule has 39 heavy (non-hydrogen) atoms. The molecule has 0 radical (unpaired) electrons. The molecule has 0 fully saturated rings. The number of benzene rings is 3. The fourth-order valence-corrected chi connectivity index (χ4v) is 4.50. The molecule has 1 aromatic heterocycles. The third-order valence-electron chi connectivity index (χ3n) is 6.37. The number of rotatable bonds is 5. The van der Waals surface area contributed by atoms with Crippen LogP contribution in [-0.2, 0) is 21.8 Å². The van der Waals surface area contributed by atoms with Gasteiger partial charge in [0.05, 0.1) is 17.6 Å². The first-order chi connectivity index (χ1) is 18.4. The van der Waals surface area contributed by atoms with Crippen LogP contribution in [0.4, 0.5) is 28.3 Å². The van der Waals surface area contributed by atoms with E-state index in [1.807, 2.05) is 0 Å². The van der Waals surface area contributed by atoms with Crippen molar-refractivity contribution in [3.63, 3.8) is 0 Å². The fraction of sp³-hybridized carbons (Fsp3) is 0.154. The molecule has 0 aliphatic carbocycles. The number of alkyl halides is 3. The first-order valence-electron chi connectivity index (χ1n) is 11.4. The van der Waals surface area contributed by atoms with Gasteiger partial charge < -0.3 is 14.8 Å². The van der Waals surface area contributed by atoms with Gasteiger partial charge in [0.1, 0.15) is 5.82 Å². The summed E-state index contributed by atoms with van der Waals surface area (Å²) in [6.45, 7) is -0.545. The topological polar surface area (TPSA) is 116 Å². The molecule has 9 nitrogen and oxygen atoms in total. The third-order valence-corrected chi connectivity index (χ3v) is 6.37. The van der Waals surface area contributed by atoms with Crippen molar-refractivity contribution in [3.8, 4) is 0 Å². The van der Waals surface area contributed by atoms with E-state index in [2.05, 4.69) is 9.97 Å². The number of hydrogen-bond acceptors (Lipinski definition) is 5. The Bertz CT molecular complexity index is 1640. The lowest BCUT2D eigenvalue weighted by Crippen LogP contribution is -2.49. The number of anilines is 1. The number of fused-ring (bicyclic) bond motifs is 2. The van der Waals surface area contributed by atoms with Crippen molar-refractivity contribution in [2.24, 2.45) is 0 Å². The number of hydrogen-bond donors (Lipinski definition) is 2. The molecule has 0 bridgehead atoms. The van der Waals surface area contributed by atoms with Crippen molar-refractivity contribution in [2.45, 2.75) is 18.4 Å². The van der Waals surface area contributed by atoms with Crippen molar-refractivity contribution in [1.29, 1.82) is 0 Å². The number of nitrogens with zero attached hydrogens (tertiary/aromatic N) is 3. The number of amides is 2. The maximum Gasteiger partial charge on any atom is 0.491 e. The zero-order valence-electron chi connectivity index (χ0n) is 20.0. The second kappa shape index (κ2) is 9.11. The zero-order valence-corrected chi connectivity index (χ0v) is 20.0. The minimum absolute atomic E-state index is 0.0303. The molecule has 1 aliphatic heterocycles. The molecule has 200 valence electrons. The van der Waals surface area contributed by atoms with Crippen LogP contribution in [0.1, 0.15) is 27.0 Å². The Morgan fingerprint density at radius 3 is 2.49 bits per heavy atom. The summed E-state index contributed by atoms with van der Waals surface area (Å²) in [4.78, 5) is 45.9. The van der Waals surface area contributed by atoms with E-state index in [9.17, 15) is 37.1 Å². The summed E-state index contributed by atoms with van der Waals surface area (Å²) < 4.78 is 60.6. The summed E-state index contributed by atoms with van der Waals surface area (Å²) in [6.07, 6.45) is -6.75. The van der Waals surface area contributed by atoms with Gasteiger partial charge in [-0.3, -0.25) is 14.6 Å². The van der Waals surface area contributed by atoms with Gasteiger partial charge in [-0.1, -0.05) is 42.5 Å². The Kier molecular flexibility index (Phi) is 6.01. The van der Waals surface area contributed by atoms with Crippen LogP contribution in [0.25, 0.3) is 11.0 Å². The van der Waals surface area contributed by atoms with Crippen LogP contribution in [0.5, 0.6) is 0 Å². The van der Waals surface area contributed by atoms with Gasteiger partial charge in [-0.25, -0.2) is 19.0 Å². The highest BCUT2D eigenvalue weighted by Gasteiger charge is 2.57. The predicted octanol–water partition coefficient (Wildman–Crippen LogP) is 4.78. The van der Waals surface area contributed by atoms with Gasteiger partial charge in [-0.15, -0.1) is 0 Å². The largest absolute Gasteiger partial charge is 0.491 e. The van der Waals surface area contributed by atoms with E-state index in [1.54, 1.807) is 0 Å². The quantitative estimate of drug-likeness (QED) is 0.277. The number of imidazole rings is 1. The minimum atomic E-state index is -5.43. The van der Waals surface area contributed by atoms with Crippen LogP contribution in [0.2, 0.25) is 0 Å². The van der Waals surface area contributed by atoms with Gasteiger partial charge in [0.2, 0.25) is 11.7 Å². The second-order valence-corrected chi connectivity index (χ2v) is 8.69. The maximum atomic E-state index is 14.7. The summed E-state index contributed by atoms with van der Waals surface area (Å²) >= 11 is 0. The number of aromatic amines is 1. The highest BCUT2D eigenvalue weighted by Crippen LogP contribution is 2.47. The van der Waals surface area contributed by atoms with Crippen molar-refractivity contribution < 1.29 is 41.8 Å². The van der Waals surface area contributed by atoms with Crippen LogP contribution in [0.3, 0.4) is 0 Å². The fourth-order valence-electron chi connectivity index (χ4n) is 4.50. The molecule has 1 aliphatic rings. The molecular weight excluding hydrogens is 524 g/mol. The second-order valence-electron chi connectivity index (χ2n) is 8.69. The molecule has 0 spiro atoms. The molecule has 2 amide bonds. The summed E-state index contributed by atoms with van der Waals surface area (Å²) in [5.74, 6) is -4.17. The van der Waals surface area contributed by atoms with E-state index in [-0.39, 0.29) is 33.7 Å². The predicted molar refractivity (Wildman–Crippen MR) is 128 cm³/mol. The number of carboxylic acid groups (broad SMARTS) is 1. The van der Waals surface area contributed by atoms with Crippen LogP contribution >= 0.6 is 0 Å². The number of ether oxygens (including phenoxy) is 1. The first-order valence-corrected chi connectivity index (χ1v) is 11.4. The van der Waals surface area contributed by atoms with Crippen LogP contribution < -0.4 is 4.90 Å². The average molecular weight is 542 g/mol. The number of carbonyl (C=O) groups excluding carboxylic acids is 2. The van der Waals surface area contributed by atoms with E-state index in [0.29, 0.717) is 5.52 Å². The van der Waals surface area contributed by atoms with E-state index >= 15 is 0 Å². The summed E-state index contributed by atoms with van der Waals surface area (Å²) in [5, 5.41) is 9.27. The molecule has 3 aromatic carbocycles. The molecule has 5 rings (SSSR count). The number of esters is 1. The molecule has 13 heteroatoms. The summed E-state index contributed by atoms with van der Waals surface area (Å²) in [7, 11) is 1.23. The Hall–Kier alpha value is -4.94. The van der Waals surface area contributed by atoms with Gasteiger partial charge in [-0.2, -0.15) is 13.2 Å². The van der Waals surface area contributed by atoms with Crippen LogP contribution in [0.15, 0.2) is 66.7 Å². The molecule has 4 aromatic rings. The third kappa shape index (κ3) is 4.21. The van der Waals surface area contributed by atoms with Gasteiger partial charge in [0.15, 0.2) is 0 Å². The van der Waals surface area contributed by atoms with Crippen molar-refractivity contribution in [1.82, 2.24) is 14.9 Å². The lowest BCUT2D eigenvalue weighted by molar-refractivity contribution is -0.222. The Balaban J connectivity index is 1.76. The maximum absolute atomic E-state index is 14.7. The molecule has 0 saturated carbocycles. The molecule has 0 saturated heterocycles. The van der Waals surface area contributed by atoms with Gasteiger partial charge in [0, 0.05) is 29.3 Å². The normalized spacial score (nSPS) is 16.8. The average Bonchev–Trinajstić information content (AvgIpc) is 3.42. The van der Waals surface area contributed by atoms with Crippen LogP contribution in [0, 0.1) is 5.82 Å². The van der Waals surface area contributed by atoms with Gasteiger partial charge >= 0.3 is 18.2 Å². The highest BCUT2D eigenvalue weighted by atomic mass is 19.4. The number of aromatic nitrogens is 2. The molecule has 2 heterocycles. The number of H-pyrrole nitrogens is 1. The Labute approximate surface area is 217 Å². The summed E-state index contributed by atoms with van der Waals surface area (Å²) in [6, 6.07) is 15.0. The molecular formula is C26H18F4N4O5. The number of halogens is 4. The SMILES string of the molecule is CN(C(=O)O)c1nc2cc(C3(OC(=O)C(F)(F)F)c4ccccc4C(=O)N3Cc3ccccc3F)ccc2[nH]1. The van der Waals surface area contributed by atoms with Crippen LogP contribution in [-0.4, -0.2) is 51.2 Å². The smallest absolute Gasteiger partial charge is 0.465 e. The monoisotopic (exact) mass is 542 g/mol. The minimum Gasteiger partial charge on any atom is -0.465 e. The molecule has 2 N–H and O–H groups in total. The van der Waals surface area contributed by atoms with Crippen molar-refractivity contribution in [3.05, 3.63) is 94.8 Å².